The minimum Gasteiger partial charge on any atom is -0.147 e. The van der Waals surface area contributed by atoms with E-state index >= 15 is 0 Å². The molecule has 0 N–H and O–H groups in total. The Morgan fingerprint density at radius 1 is 1.23 bits per heavy atom. The normalized spacial score (nSPS) is 17.4. The third-order valence-electron chi connectivity index (χ3n) is 3.99. The zero-order valence-electron chi connectivity index (χ0n) is 13.8. The maximum absolute atomic E-state index is 13.6. The molecule has 125 valence electrons. The number of benzene rings is 1. The van der Waals surface area contributed by atoms with Crippen LogP contribution in [0.2, 0.25) is 29.6 Å². The molecule has 0 amide bonds. The van der Waals surface area contributed by atoms with Crippen LogP contribution in [0.15, 0.2) is 30.3 Å². The van der Waals surface area contributed by atoms with Crippen LogP contribution in [0.4, 0.5) is 0 Å². The van der Waals surface area contributed by atoms with Crippen LogP contribution in [0, 0.1) is 0 Å². The van der Waals surface area contributed by atoms with E-state index in [1.54, 1.807) is 7.63 Å². The number of allylic oxidation sites excluding steroid dienone is 1. The second kappa shape index (κ2) is 7.56. The quantitative estimate of drug-likeness (QED) is 0.664. The molecule has 0 fully saturated rings. The number of hydrogen-bond donors (Lipinski definition) is 0. The Kier molecular flexibility index (Phi) is 7.71. The fourth-order valence-electron chi connectivity index (χ4n) is 2.75. The molecule has 7 heteroatoms. The molecule has 0 radical (unpaired) electrons. The Hall–Kier alpha value is 0.448. The molecule has 1 aromatic carbocycles. The molecule has 2 nitrogen and oxygen atoms in total. The minimum atomic E-state index is -3.76. The molecule has 1 atom stereocenters. The van der Waals surface area contributed by atoms with Crippen LogP contribution in [-0.4, -0.2) is 22.6 Å². The maximum atomic E-state index is 13.6. The summed E-state index contributed by atoms with van der Waals surface area (Å²) in [5.41, 5.74) is 2.47. The van der Waals surface area contributed by atoms with Gasteiger partial charge in [0.15, 0.2) is 0 Å². The van der Waals surface area contributed by atoms with Gasteiger partial charge in [-0.2, -0.15) is 0 Å². The summed E-state index contributed by atoms with van der Waals surface area (Å²) in [5.74, 6) is 0. The molecule has 0 aliphatic heterocycles. The smallest absolute Gasteiger partial charge is 0.147 e. The fourth-order valence-corrected chi connectivity index (χ4v) is 10.1. The first kappa shape index (κ1) is 22.4. The van der Waals surface area contributed by atoms with Gasteiger partial charge >= 0.3 is 126 Å². The van der Waals surface area contributed by atoms with Gasteiger partial charge in [-0.15, -0.1) is 24.8 Å². The van der Waals surface area contributed by atoms with Gasteiger partial charge < -0.3 is 0 Å². The monoisotopic (exact) mass is 413 g/mol. The van der Waals surface area contributed by atoms with Gasteiger partial charge in [-0.1, -0.05) is 0 Å². The van der Waals surface area contributed by atoms with E-state index in [0.29, 0.717) is 6.61 Å². The van der Waals surface area contributed by atoms with Gasteiger partial charge in [0, 0.05) is 0 Å². The predicted octanol–water partition coefficient (Wildman–Crippen LogP) is 4.50. The van der Waals surface area contributed by atoms with Crippen molar-refractivity contribution in [3.05, 3.63) is 41.5 Å². The van der Waals surface area contributed by atoms with Gasteiger partial charge in [-0.05, 0) is 0 Å². The zero-order valence-corrected chi connectivity index (χ0v) is 19.4. The molecule has 1 aliphatic carbocycles. The predicted molar refractivity (Wildman–Crippen MR) is 102 cm³/mol. The summed E-state index contributed by atoms with van der Waals surface area (Å²) in [6, 6.07) is 8.32. The van der Waals surface area contributed by atoms with Gasteiger partial charge in [0.25, 0.3) is 0 Å². The van der Waals surface area contributed by atoms with Gasteiger partial charge in [-0.3, -0.25) is 0 Å². The first-order valence-corrected chi connectivity index (χ1v) is 18.9. The van der Waals surface area contributed by atoms with Crippen molar-refractivity contribution in [2.24, 2.45) is 0 Å². The van der Waals surface area contributed by atoms with Crippen molar-refractivity contribution in [2.45, 2.75) is 33.8 Å². The van der Waals surface area contributed by atoms with Gasteiger partial charge in [0.2, 0.25) is 0 Å². The zero-order chi connectivity index (χ0) is 15.0. The second-order valence-electron chi connectivity index (χ2n) is 7.44. The molecule has 0 spiro atoms. The Bertz CT molecular complexity index is 675. The van der Waals surface area contributed by atoms with Crippen LogP contribution in [-0.2, 0) is 21.8 Å². The molecular weight excluding hydrogens is 387 g/mol. The Balaban J connectivity index is 0.00000220. The number of fused-ring (bicyclic) bond motifs is 1. The van der Waals surface area contributed by atoms with Crippen LogP contribution in [0.1, 0.15) is 15.3 Å². The molecule has 22 heavy (non-hydrogen) atoms. The van der Waals surface area contributed by atoms with Gasteiger partial charge in [-0.25, -0.2) is 0 Å². The maximum Gasteiger partial charge on any atom is -0.147 e. The fraction of sp³-hybridized carbons (Fsp3) is 0.467. The van der Waals surface area contributed by atoms with Crippen molar-refractivity contribution < 1.29 is 21.8 Å². The molecule has 0 saturated heterocycles. The van der Waals surface area contributed by atoms with Crippen molar-refractivity contribution in [3.8, 4) is 0 Å². The average Bonchev–Trinajstić information content (AvgIpc) is 2.70. The molecular formula is C15H27Cl2O2Si2Ti. The molecule has 0 heterocycles. The van der Waals surface area contributed by atoms with Crippen molar-refractivity contribution in [1.82, 2.24) is 0 Å². The van der Waals surface area contributed by atoms with E-state index in [1.165, 1.54) is 11.1 Å². The number of hydrogen-bond acceptors (Lipinski definition) is 2. The summed E-state index contributed by atoms with van der Waals surface area (Å²) in [5, 5.41) is 2.03. The largest absolute Gasteiger partial charge is 0.147 e. The first-order chi connectivity index (χ1) is 9.07. The van der Waals surface area contributed by atoms with Gasteiger partial charge in [0.1, 0.15) is 0 Å². The molecule has 1 aromatic rings. The summed E-state index contributed by atoms with van der Waals surface area (Å²) < 4.78 is 20.4. The minimum absolute atomic E-state index is 0. The number of halogens is 2. The topological polar surface area (TPSA) is 26.3 Å². The molecule has 2 rings (SSSR count). The molecule has 0 aromatic heterocycles. The second-order valence-corrected chi connectivity index (χ2v) is 28.6. The Labute approximate surface area is 149 Å². The summed E-state index contributed by atoms with van der Waals surface area (Å²) in [6.45, 7) is 7.18. The standard InChI is InChI=1S/C9H7.C5H13OSi.CH3.2ClH.O.H2Si.Ti/c1-2-5-9-7-3-6-8(9)4-1;1-5-6-7(2,3)4;;;;;;/h1-7H;1,5H2,2-4H3;1H3;2*1H;;1H2;. The van der Waals surface area contributed by atoms with E-state index in [1.807, 2.05) is 17.4 Å². The molecule has 1 unspecified atom stereocenters. The Morgan fingerprint density at radius 3 is 2.41 bits per heavy atom. The van der Waals surface area contributed by atoms with Crippen molar-refractivity contribution in [2.75, 3.05) is 6.61 Å². The van der Waals surface area contributed by atoms with Crippen molar-refractivity contribution in [3.63, 3.8) is 0 Å². The summed E-state index contributed by atoms with van der Waals surface area (Å²) in [4.78, 5) is 0. The van der Waals surface area contributed by atoms with E-state index < -0.39 is 22.3 Å². The van der Waals surface area contributed by atoms with E-state index in [-0.39, 0.29) is 29.0 Å². The first-order valence-electron chi connectivity index (χ1n) is 7.26. The molecule has 0 bridgehead atoms. The molecule has 0 saturated carbocycles. The molecule has 1 aliphatic rings. The van der Waals surface area contributed by atoms with Crippen molar-refractivity contribution >= 4 is 46.8 Å². The Morgan fingerprint density at radius 2 is 1.82 bits per heavy atom. The van der Waals surface area contributed by atoms with Crippen LogP contribution < -0.4 is 0 Å². The van der Waals surface area contributed by atoms with Gasteiger partial charge in [0.05, 0.1) is 0 Å². The summed E-state index contributed by atoms with van der Waals surface area (Å²) in [7, 11) is 0.246. The SMILES string of the molecule is C[Si](C)(C)OC[CH2][Ti]([CH3])(=[O])(=[SiH2])[CH]1C=Cc2ccccc21.Cl.Cl. The van der Waals surface area contributed by atoms with E-state index in [2.05, 4.69) is 43.9 Å². The van der Waals surface area contributed by atoms with Crippen LogP contribution in [0.25, 0.3) is 6.08 Å². The summed E-state index contributed by atoms with van der Waals surface area (Å²) in [6.07, 6.45) is 4.27. The third kappa shape index (κ3) is 5.52. The number of rotatable bonds is 5. The van der Waals surface area contributed by atoms with Crippen LogP contribution in [0.3, 0.4) is 0 Å². The van der Waals surface area contributed by atoms with E-state index in [4.69, 9.17) is 4.43 Å². The third-order valence-corrected chi connectivity index (χ3v) is 14.3. The van der Waals surface area contributed by atoms with Crippen LogP contribution in [0.5, 0.6) is 0 Å². The van der Waals surface area contributed by atoms with Crippen LogP contribution >= 0.6 is 24.8 Å². The van der Waals surface area contributed by atoms with E-state index in [9.17, 15) is 3.32 Å². The average molecular weight is 414 g/mol. The summed E-state index contributed by atoms with van der Waals surface area (Å²) >= 11 is -3.76. The van der Waals surface area contributed by atoms with E-state index in [0.717, 1.165) is 4.73 Å². The van der Waals surface area contributed by atoms with Crippen molar-refractivity contribution in [1.29, 1.82) is 0 Å².